The van der Waals surface area contributed by atoms with Crippen molar-refractivity contribution in [3.8, 4) is 0 Å². The van der Waals surface area contributed by atoms with Gasteiger partial charge >= 0.3 is 49.3 Å². The van der Waals surface area contributed by atoms with E-state index >= 15 is 0 Å². The Bertz CT molecular complexity index is 1650. The van der Waals surface area contributed by atoms with Gasteiger partial charge in [0.15, 0.2) is 12.6 Å². The second kappa shape index (κ2) is 39.7. The number of alkyl halides is 10. The third-order valence-corrected chi connectivity index (χ3v) is 20.0. The minimum atomic E-state index is -6.00. The molecule has 69 heavy (non-hydrogen) atoms. The molecule has 4 aromatic rings. The van der Waals surface area contributed by atoms with E-state index < -0.39 is 38.8 Å². The number of hydrogen-bond acceptors (Lipinski definition) is 4. The smallest absolute Gasteiger partial charge is 0.542 e. The van der Waals surface area contributed by atoms with Crippen LogP contribution in [-0.4, -0.2) is 104 Å². The maximum Gasteiger partial charge on any atom is 2.00 e. The molecule has 4 atom stereocenters. The molecule has 0 amide bonds. The molecule has 0 spiro atoms. The predicted octanol–water partition coefficient (Wildman–Crippen LogP) is 9.51. The fraction of sp³-hybridized carbons (Fsp3) is 0.316. The molecule has 4 N–H and O–H groups in total. The second-order valence-corrected chi connectivity index (χ2v) is 25.2. The summed E-state index contributed by atoms with van der Waals surface area (Å²) >= 11 is 19.1. The van der Waals surface area contributed by atoms with E-state index in [1.807, 2.05) is 0 Å². The molecule has 2 aliphatic heterocycles. The number of carboxylic acids is 2. The molecule has 2 heterocycles. The number of nitrogens with one attached hydrogen (secondary N) is 1. The predicted molar refractivity (Wildman–Crippen MR) is 260 cm³/mol. The summed E-state index contributed by atoms with van der Waals surface area (Å²) in [6.45, 7) is 0. The standard InChI is InChI=1S/2C16H19NP2.2C2HF3O2.2CH2Cl2.2BF4.Ni/c2*1-3-7-15(8-4-1)18-11-12-19(14-17-13-18)16-9-5-2-6-10-16;2*3-2(4,5)1(6)7;2*2-1-3;2*2-1(3,4)5;/h2*1-10,17H,11-14H2;2*(H,6,7);2*1H2;;;/q;;;;;;2*-1;+2/p+4. The normalized spacial score (nSPS) is 17.7. The number of carbonyl (C=O) groups is 2. The zero-order valence-corrected chi connectivity index (χ0v) is 43.7. The van der Waals surface area contributed by atoms with Gasteiger partial charge in [-0.2, -0.15) is 26.3 Å². The van der Waals surface area contributed by atoms with Crippen molar-refractivity contribution in [3.05, 3.63) is 121 Å². The van der Waals surface area contributed by atoms with Gasteiger partial charge in [0.1, 0.15) is 30.9 Å². The molecular weight excluding hydrogens is 1160 g/mol. The van der Waals surface area contributed by atoms with E-state index in [0.717, 1.165) is 0 Å². The molecule has 2 fully saturated rings. The number of halogens is 18. The first-order chi connectivity index (χ1) is 31.6. The van der Waals surface area contributed by atoms with Crippen LogP contribution in [0.25, 0.3) is 0 Å². The number of carbonyl (C=O) groups excluding carboxylic acids is 1. The molecule has 6 nitrogen and oxygen atoms in total. The van der Waals surface area contributed by atoms with Crippen LogP contribution in [0.3, 0.4) is 0 Å². The first kappa shape index (κ1) is 71.5. The summed E-state index contributed by atoms with van der Waals surface area (Å²) in [6.07, 6.45) is 0.648. The first-order valence-corrected chi connectivity index (χ1v) is 29.1. The topological polar surface area (TPSA) is 106 Å². The van der Waals surface area contributed by atoms with Crippen molar-refractivity contribution in [2.24, 2.45) is 0 Å². The maximum absolute atomic E-state index is 10.6. The fourth-order valence-electron chi connectivity index (χ4n) is 5.48. The minimum Gasteiger partial charge on any atom is -0.542 e. The van der Waals surface area contributed by atoms with Crippen LogP contribution in [0, 0.1) is 0 Å². The number of quaternary nitrogens is 1. The molecule has 392 valence electrons. The van der Waals surface area contributed by atoms with E-state index in [2.05, 4.69) is 132 Å². The monoisotopic (exact) mass is 1210 g/mol. The van der Waals surface area contributed by atoms with Gasteiger partial charge in [0.25, 0.3) is 0 Å². The van der Waals surface area contributed by atoms with Crippen molar-refractivity contribution >= 4 is 126 Å². The van der Waals surface area contributed by atoms with Gasteiger partial charge in [0.05, 0.1) is 75.9 Å². The Kier molecular flexibility index (Phi) is 41.2. The molecule has 4 aromatic carbocycles. The Hall–Kier alpha value is -1.74. The van der Waals surface area contributed by atoms with Crippen molar-refractivity contribution in [1.82, 2.24) is 5.32 Å². The van der Waals surface area contributed by atoms with E-state index in [4.69, 9.17) is 66.2 Å². The summed E-state index contributed by atoms with van der Waals surface area (Å²) in [5, 5.41) is 29.1. The van der Waals surface area contributed by atoms with Crippen molar-refractivity contribution in [3.63, 3.8) is 0 Å². The second-order valence-electron chi connectivity index (χ2n) is 13.0. The average molecular weight is 1210 g/mol. The Morgan fingerprint density at radius 3 is 0.899 bits per heavy atom. The molecule has 31 heteroatoms. The molecule has 0 aromatic heterocycles. The van der Waals surface area contributed by atoms with E-state index in [0.29, 0.717) is 0 Å². The van der Waals surface area contributed by atoms with Crippen molar-refractivity contribution in [2.75, 3.05) is 60.5 Å². The van der Waals surface area contributed by atoms with E-state index in [1.54, 1.807) is 21.2 Å². The number of hydrogen-bond donors (Lipinski definition) is 3. The van der Waals surface area contributed by atoms with Crippen LogP contribution in [0.1, 0.15) is 0 Å². The van der Waals surface area contributed by atoms with Gasteiger partial charge in [-0.1, -0.05) is 72.8 Å². The van der Waals surface area contributed by atoms with Crippen molar-refractivity contribution < 1.29 is 102 Å². The molecule has 0 saturated carbocycles. The minimum absolute atomic E-state index is 0. The van der Waals surface area contributed by atoms with Crippen molar-refractivity contribution in [1.29, 1.82) is 0 Å². The number of aliphatic carboxylic acids is 2. The number of rotatable bonds is 4. The van der Waals surface area contributed by atoms with Gasteiger partial charge in [-0.15, -0.1) is 46.4 Å². The molecule has 2 aliphatic rings. The molecule has 6 rings (SSSR count). The van der Waals surface area contributed by atoms with Gasteiger partial charge in [0, 0.05) is 0 Å². The Morgan fingerprint density at radius 2 is 0.710 bits per heavy atom. The summed E-state index contributed by atoms with van der Waals surface area (Å²) < 4.78 is 141. The summed E-state index contributed by atoms with van der Waals surface area (Å²) in [5.74, 6) is -5.76. The third kappa shape index (κ3) is 42.5. The third-order valence-electron chi connectivity index (χ3n) is 8.12. The zero-order chi connectivity index (χ0) is 52.4. The number of carboxylic acid groups (broad SMARTS) is 2. The van der Waals surface area contributed by atoms with E-state index in [1.165, 1.54) is 49.8 Å². The summed E-state index contributed by atoms with van der Waals surface area (Å²) in [5.41, 5.74) is 0. The van der Waals surface area contributed by atoms with Crippen LogP contribution in [0.5, 0.6) is 0 Å². The average Bonchev–Trinajstić information content (AvgIpc) is 3.67. The van der Waals surface area contributed by atoms with Crippen LogP contribution in [0.4, 0.5) is 60.9 Å². The summed E-state index contributed by atoms with van der Waals surface area (Å²) in [7, 11) is -13.4. The van der Waals surface area contributed by atoms with Crippen LogP contribution in [-0.2, 0) is 26.1 Å². The van der Waals surface area contributed by atoms with E-state index in [9.17, 15) is 60.9 Å². The molecule has 4 unspecified atom stereocenters. The van der Waals surface area contributed by atoms with Crippen LogP contribution in [0.2, 0.25) is 0 Å². The Morgan fingerprint density at radius 1 is 0.522 bits per heavy atom. The SMILES string of the molecule is ClCCl.ClCCl.F[B-](F)(F)F.F[B-](F)(F)F.O=C(O)C(F)(F)F.O=C([O-])C(F)(F)F.[Ni+2].c1ccc([PH+]2CC[PH+](c3ccccc3)CNC2)cc1.c1ccc([PH+]2CC[PH+](c3ccccc3)C[NH2+]C2)cc1. The van der Waals surface area contributed by atoms with Gasteiger partial charge in [-0.05, 0) is 48.5 Å². The quantitative estimate of drug-likeness (QED) is 0.0818. The zero-order valence-electron chi connectivity index (χ0n) is 35.6. The maximum atomic E-state index is 10.6. The van der Waals surface area contributed by atoms with Crippen molar-refractivity contribution in [2.45, 2.75) is 12.4 Å². The van der Waals surface area contributed by atoms with Crippen LogP contribution in [0.15, 0.2) is 121 Å². The number of nitrogens with two attached hydrogens (primary N) is 1. The van der Waals surface area contributed by atoms with Crippen LogP contribution < -0.4 is 37.0 Å². The van der Waals surface area contributed by atoms with E-state index in [-0.39, 0.29) is 58.9 Å². The number of benzene rings is 4. The molecule has 2 saturated heterocycles. The first-order valence-electron chi connectivity index (χ1n) is 19.3. The summed E-state index contributed by atoms with van der Waals surface area (Å²) in [4.78, 5) is 17.7. The fourth-order valence-corrected chi connectivity index (χ4v) is 18.1. The van der Waals surface area contributed by atoms with Crippen LogP contribution >= 0.6 is 78.1 Å². The summed E-state index contributed by atoms with van der Waals surface area (Å²) in [6, 6.07) is 44.6. The molecule has 0 bridgehead atoms. The molecular formula is C38H48B2Cl4F14N2NiO4P4+4. The van der Waals surface area contributed by atoms with Gasteiger partial charge < -0.3 is 49.5 Å². The van der Waals surface area contributed by atoms with Gasteiger partial charge in [-0.25, -0.2) is 4.79 Å². The van der Waals surface area contributed by atoms with Gasteiger partial charge in [0.2, 0.25) is 0 Å². The Labute approximate surface area is 425 Å². The molecule has 0 radical (unpaired) electrons. The Balaban J connectivity index is -0.000000805. The molecule has 0 aliphatic carbocycles. The largest absolute Gasteiger partial charge is 2.00 e. The van der Waals surface area contributed by atoms with Gasteiger partial charge in [-0.3, -0.25) is 10.6 Å².